The third-order valence-electron chi connectivity index (χ3n) is 9.58. The average Bonchev–Trinajstić information content (AvgIpc) is 3.93. The molecule has 50 heavy (non-hydrogen) atoms. The highest BCUT2D eigenvalue weighted by atomic mass is 32.1. The first kappa shape index (κ1) is 32.3. The summed E-state index contributed by atoms with van der Waals surface area (Å²) < 4.78 is 2.77. The molecule has 0 aliphatic rings. The quantitative estimate of drug-likeness (QED) is 0.159. The summed E-state index contributed by atoms with van der Waals surface area (Å²) in [5.74, 6) is 0. The molecular weight excluding hydrogens is 721 g/mol. The van der Waals surface area contributed by atoms with E-state index in [-0.39, 0.29) is 0 Å². The summed E-state index contributed by atoms with van der Waals surface area (Å²) in [6, 6.07) is 36.8. The van der Waals surface area contributed by atoms with Gasteiger partial charge in [-0.25, -0.2) is 0 Å². The molecule has 0 bridgehead atoms. The van der Waals surface area contributed by atoms with E-state index >= 15 is 0 Å². The number of rotatable bonds is 6. The fourth-order valence-electron chi connectivity index (χ4n) is 7.27. The number of aryl methyl sites for hydroxylation is 6. The fourth-order valence-corrected chi connectivity index (χ4v) is 13.8. The van der Waals surface area contributed by atoms with Gasteiger partial charge in [-0.15, -0.1) is 68.0 Å². The molecule has 246 valence electrons. The molecule has 0 aliphatic heterocycles. The Labute approximate surface area is 317 Å². The molecule has 6 aromatic heterocycles. The molecule has 0 fully saturated rings. The van der Waals surface area contributed by atoms with Crippen LogP contribution in [0.1, 0.15) is 32.0 Å². The maximum Gasteiger partial charge on any atom is 0.0455 e. The molecule has 0 radical (unpaired) electrons. The highest BCUT2D eigenvalue weighted by molar-refractivity contribution is 7.30. The van der Waals surface area contributed by atoms with Gasteiger partial charge in [0, 0.05) is 80.1 Å². The number of benzene rings is 3. The average molecular weight is 755 g/mol. The van der Waals surface area contributed by atoms with Crippen molar-refractivity contribution in [3.63, 3.8) is 0 Å². The monoisotopic (exact) mass is 754 g/mol. The molecular formula is C44H34S6. The van der Waals surface area contributed by atoms with Crippen molar-refractivity contribution in [2.75, 3.05) is 0 Å². The van der Waals surface area contributed by atoms with Crippen LogP contribution in [0.3, 0.4) is 0 Å². The molecule has 0 atom stereocenters. The van der Waals surface area contributed by atoms with Crippen molar-refractivity contribution in [2.24, 2.45) is 0 Å². The van der Waals surface area contributed by atoms with E-state index in [1.54, 1.807) is 0 Å². The second-order valence-electron chi connectivity index (χ2n) is 13.1. The van der Waals surface area contributed by atoms with Gasteiger partial charge in [0.05, 0.1) is 0 Å². The first-order chi connectivity index (χ1) is 24.2. The van der Waals surface area contributed by atoms with Gasteiger partial charge in [-0.3, -0.25) is 0 Å². The van der Waals surface area contributed by atoms with Crippen LogP contribution in [0.2, 0.25) is 0 Å². The second kappa shape index (κ2) is 12.6. The van der Waals surface area contributed by atoms with Crippen molar-refractivity contribution in [3.05, 3.63) is 129 Å². The summed E-state index contributed by atoms with van der Waals surface area (Å²) in [7, 11) is 0. The Morgan fingerprint density at radius 2 is 0.620 bits per heavy atom. The lowest BCUT2D eigenvalue weighted by Gasteiger charge is -2.18. The van der Waals surface area contributed by atoms with Gasteiger partial charge < -0.3 is 0 Å². The van der Waals surface area contributed by atoms with E-state index in [2.05, 4.69) is 139 Å². The number of hydrogen-bond donors (Lipinski definition) is 0. The Morgan fingerprint density at radius 1 is 0.300 bits per heavy atom. The molecule has 9 rings (SSSR count). The van der Waals surface area contributed by atoms with E-state index in [1.807, 2.05) is 68.0 Å². The molecule has 6 heterocycles. The zero-order valence-electron chi connectivity index (χ0n) is 28.7. The van der Waals surface area contributed by atoms with Crippen molar-refractivity contribution < 1.29 is 0 Å². The molecule has 0 N–H and O–H groups in total. The summed E-state index contributed by atoms with van der Waals surface area (Å²) in [4.78, 5) is 13.5. The van der Waals surface area contributed by atoms with Crippen LogP contribution < -0.4 is 0 Å². The lowest BCUT2D eigenvalue weighted by molar-refractivity contribution is 1.39. The molecule has 0 saturated heterocycles. The molecule has 0 unspecified atom stereocenters. The smallest absolute Gasteiger partial charge is 0.0455 e. The molecule has 0 amide bonds. The van der Waals surface area contributed by atoms with Gasteiger partial charge in [-0.05, 0) is 136 Å². The lowest BCUT2D eigenvalue weighted by Crippen LogP contribution is -1.93. The first-order valence-corrected chi connectivity index (χ1v) is 21.6. The highest BCUT2D eigenvalue weighted by Gasteiger charge is 2.26. The number of hydrogen-bond acceptors (Lipinski definition) is 6. The van der Waals surface area contributed by atoms with E-state index < -0.39 is 0 Å². The normalized spacial score (nSPS) is 11.8. The number of fused-ring (bicyclic) bond motifs is 2. The summed E-state index contributed by atoms with van der Waals surface area (Å²) in [6.07, 6.45) is 0. The van der Waals surface area contributed by atoms with Crippen LogP contribution in [0.15, 0.2) is 97.1 Å². The summed E-state index contributed by atoms with van der Waals surface area (Å²) in [5, 5.41) is 2.73. The zero-order valence-corrected chi connectivity index (χ0v) is 33.6. The molecule has 0 spiro atoms. The minimum absolute atomic E-state index is 1.33. The van der Waals surface area contributed by atoms with E-state index in [0.29, 0.717) is 0 Å². The minimum atomic E-state index is 1.33. The van der Waals surface area contributed by atoms with Gasteiger partial charge in [0.25, 0.3) is 0 Å². The van der Waals surface area contributed by atoms with Crippen molar-refractivity contribution in [1.29, 1.82) is 0 Å². The number of thiophene rings is 6. The van der Waals surface area contributed by atoms with E-state index in [9.17, 15) is 0 Å². The highest BCUT2D eigenvalue weighted by Crippen LogP contribution is 2.55. The predicted octanol–water partition coefficient (Wildman–Crippen LogP) is 16.2. The van der Waals surface area contributed by atoms with Crippen molar-refractivity contribution in [3.8, 4) is 61.3 Å². The molecule has 0 nitrogen and oxygen atoms in total. The van der Waals surface area contributed by atoms with Crippen LogP contribution >= 0.6 is 68.0 Å². The van der Waals surface area contributed by atoms with Crippen molar-refractivity contribution in [1.82, 2.24) is 0 Å². The second-order valence-corrected chi connectivity index (χ2v) is 20.0. The topological polar surface area (TPSA) is 0 Å². The lowest BCUT2D eigenvalue weighted by atomic mass is 9.87. The SMILES string of the molecule is Cc1ccc(-c2ccc(-c3cc4c(-c5c(C)cccc5C)c5sc(-c6ccc(-c7ccc(C)s7)s6)cc5c(-c5c(C)cccc5C)c4s3)s2)s1. The largest absolute Gasteiger partial charge is 0.140 e. The maximum atomic E-state index is 2.51. The summed E-state index contributed by atoms with van der Waals surface area (Å²) in [6.45, 7) is 13.5. The van der Waals surface area contributed by atoms with Crippen LogP contribution in [0.5, 0.6) is 0 Å². The third kappa shape index (κ3) is 5.40. The Kier molecular flexibility index (Phi) is 8.11. The van der Waals surface area contributed by atoms with Crippen LogP contribution in [0.4, 0.5) is 0 Å². The molecule has 3 aromatic carbocycles. The van der Waals surface area contributed by atoms with Gasteiger partial charge in [-0.2, -0.15) is 0 Å². The van der Waals surface area contributed by atoms with E-state index in [0.717, 1.165) is 0 Å². The standard InChI is InChI=1S/C44H34S6/c1-23-9-7-10-24(2)39(23)41-29-21-37(35-19-17-33(47-35)31-15-13-27(5)45-31)50-44(29)42(40-25(3)11-8-12-26(40)4)30-22-38(49-43(30)41)36-20-18-34(48-36)32-16-14-28(6)46-32/h7-22H,1-6H3. The Balaban J connectivity index is 1.36. The summed E-state index contributed by atoms with van der Waals surface area (Å²) in [5.41, 5.74) is 10.8. The molecule has 0 saturated carbocycles. The van der Waals surface area contributed by atoms with Crippen LogP contribution in [0, 0.1) is 41.5 Å². The molecule has 0 aliphatic carbocycles. The molecule has 6 heteroatoms. The van der Waals surface area contributed by atoms with Crippen molar-refractivity contribution >= 4 is 88.2 Å². The fraction of sp³-hybridized carbons (Fsp3) is 0.136. The van der Waals surface area contributed by atoms with Crippen LogP contribution in [-0.2, 0) is 0 Å². The first-order valence-electron chi connectivity index (χ1n) is 16.7. The van der Waals surface area contributed by atoms with Crippen LogP contribution in [0.25, 0.3) is 81.4 Å². The summed E-state index contributed by atoms with van der Waals surface area (Å²) >= 11 is 11.5. The Morgan fingerprint density at radius 3 is 0.960 bits per heavy atom. The van der Waals surface area contributed by atoms with Gasteiger partial charge in [0.1, 0.15) is 0 Å². The third-order valence-corrected chi connectivity index (χ3v) is 16.8. The Hall–Kier alpha value is -3.62. The minimum Gasteiger partial charge on any atom is -0.140 e. The van der Waals surface area contributed by atoms with E-state index in [1.165, 1.54) is 113 Å². The molecule has 9 aromatic rings. The zero-order chi connectivity index (χ0) is 34.3. The van der Waals surface area contributed by atoms with E-state index in [4.69, 9.17) is 0 Å². The predicted molar refractivity (Wildman–Crippen MR) is 230 cm³/mol. The van der Waals surface area contributed by atoms with Gasteiger partial charge in [-0.1, -0.05) is 36.4 Å². The van der Waals surface area contributed by atoms with Gasteiger partial charge in [0.2, 0.25) is 0 Å². The maximum absolute atomic E-state index is 2.51. The van der Waals surface area contributed by atoms with Gasteiger partial charge >= 0.3 is 0 Å². The Bertz CT molecular complexity index is 2450. The van der Waals surface area contributed by atoms with Crippen LogP contribution in [-0.4, -0.2) is 0 Å². The van der Waals surface area contributed by atoms with Gasteiger partial charge in [0.15, 0.2) is 0 Å². The van der Waals surface area contributed by atoms with Crippen molar-refractivity contribution in [2.45, 2.75) is 41.5 Å².